The quantitative estimate of drug-likeness (QED) is 0.518. The fourth-order valence-electron chi connectivity index (χ4n) is 3.12. The van der Waals surface area contributed by atoms with Gasteiger partial charge in [0.25, 0.3) is 0 Å². The minimum absolute atomic E-state index is 0.00484. The van der Waals surface area contributed by atoms with Gasteiger partial charge in [-0.25, -0.2) is 13.5 Å². The maximum absolute atomic E-state index is 14.1. The van der Waals surface area contributed by atoms with Gasteiger partial charge < -0.3 is 20.1 Å². The summed E-state index contributed by atoms with van der Waals surface area (Å²) in [5.74, 6) is -2.39. The van der Waals surface area contributed by atoms with Crippen LogP contribution in [0.15, 0.2) is 31.0 Å². The molecule has 1 fully saturated rings. The second-order valence-electron chi connectivity index (χ2n) is 6.20. The molecule has 1 aromatic heterocycles. The van der Waals surface area contributed by atoms with Gasteiger partial charge in [0, 0.05) is 5.56 Å². The highest BCUT2D eigenvalue weighted by atomic mass is 35.5. The average Bonchev–Trinajstić information content (AvgIpc) is 3.11. The van der Waals surface area contributed by atoms with Crippen LogP contribution in [-0.4, -0.2) is 61.3 Å². The van der Waals surface area contributed by atoms with Crippen molar-refractivity contribution in [2.45, 2.75) is 36.9 Å². The summed E-state index contributed by atoms with van der Waals surface area (Å²) in [6, 6.07) is 1.43. The first-order valence-electron chi connectivity index (χ1n) is 8.18. The van der Waals surface area contributed by atoms with Gasteiger partial charge in [-0.1, -0.05) is 22.9 Å². The topological polar surface area (TPSA) is 101 Å². The summed E-state index contributed by atoms with van der Waals surface area (Å²) in [5.41, 5.74) is -0.171. The van der Waals surface area contributed by atoms with E-state index in [1.165, 1.54) is 24.4 Å². The largest absolute Gasteiger partial charge is 0.394 e. The van der Waals surface area contributed by atoms with Crippen LogP contribution < -0.4 is 0 Å². The van der Waals surface area contributed by atoms with E-state index in [2.05, 4.69) is 16.9 Å². The molecule has 1 aliphatic rings. The van der Waals surface area contributed by atoms with Gasteiger partial charge in [0.2, 0.25) is 0 Å². The summed E-state index contributed by atoms with van der Waals surface area (Å²) < 4.78 is 34.5. The highest BCUT2D eigenvalue weighted by molar-refractivity contribution is 6.30. The smallest absolute Gasteiger partial charge is 0.178 e. The molecule has 0 amide bonds. The molecule has 3 rings (SSSR count). The Kier molecular flexibility index (Phi) is 5.87. The van der Waals surface area contributed by atoms with Crippen LogP contribution in [0.5, 0.6) is 0 Å². The molecule has 7 nitrogen and oxygen atoms in total. The number of aliphatic hydroxyl groups is 3. The first-order valence-corrected chi connectivity index (χ1v) is 8.55. The summed E-state index contributed by atoms with van der Waals surface area (Å²) in [5, 5.41) is 37.7. The number of rotatable bonds is 5. The molecule has 1 aliphatic heterocycles. The molecular formula is C17H18ClF2N3O4. The minimum atomic E-state index is -1.30. The molecule has 0 spiro atoms. The van der Waals surface area contributed by atoms with Crippen molar-refractivity contribution in [2.75, 3.05) is 6.61 Å². The van der Waals surface area contributed by atoms with Gasteiger partial charge >= 0.3 is 0 Å². The number of halogens is 3. The van der Waals surface area contributed by atoms with E-state index in [0.717, 1.165) is 4.68 Å². The summed E-state index contributed by atoms with van der Waals surface area (Å²) >= 11 is 5.55. The van der Waals surface area contributed by atoms with Gasteiger partial charge in [-0.2, -0.15) is 0 Å². The van der Waals surface area contributed by atoms with E-state index in [4.69, 9.17) is 16.3 Å². The van der Waals surface area contributed by atoms with Crippen molar-refractivity contribution >= 4 is 11.6 Å². The molecule has 0 unspecified atom stereocenters. The lowest BCUT2D eigenvalue weighted by molar-refractivity contribution is -0.204. The zero-order valence-electron chi connectivity index (χ0n) is 14.0. The molecule has 0 saturated carbocycles. The predicted molar refractivity (Wildman–Crippen MR) is 92.0 cm³/mol. The second kappa shape index (κ2) is 7.99. The number of aliphatic hydroxyl groups excluding tert-OH is 3. The molecule has 2 aromatic rings. The molecule has 0 bridgehead atoms. The average molecular weight is 402 g/mol. The second-order valence-corrected chi connectivity index (χ2v) is 6.61. The molecule has 10 heteroatoms. The number of hydrogen-bond acceptors (Lipinski definition) is 6. The van der Waals surface area contributed by atoms with Crippen molar-refractivity contribution in [3.8, 4) is 11.3 Å². The van der Waals surface area contributed by atoms with Gasteiger partial charge in [-0.3, -0.25) is 0 Å². The Morgan fingerprint density at radius 3 is 2.59 bits per heavy atom. The Bertz CT molecular complexity index is 835. The molecule has 27 heavy (non-hydrogen) atoms. The zero-order chi connectivity index (χ0) is 19.7. The van der Waals surface area contributed by atoms with Gasteiger partial charge in [0.1, 0.15) is 30.0 Å². The summed E-state index contributed by atoms with van der Waals surface area (Å²) in [4.78, 5) is 0. The van der Waals surface area contributed by atoms with Crippen LogP contribution in [0.4, 0.5) is 8.78 Å². The van der Waals surface area contributed by atoms with E-state index >= 15 is 0 Å². The lowest BCUT2D eigenvalue weighted by Crippen LogP contribution is -2.55. The molecule has 3 N–H and O–H groups in total. The number of aromatic nitrogens is 3. The van der Waals surface area contributed by atoms with Crippen LogP contribution in [-0.2, 0) is 4.74 Å². The van der Waals surface area contributed by atoms with E-state index in [1.54, 1.807) is 0 Å². The van der Waals surface area contributed by atoms with Crippen molar-refractivity contribution in [1.29, 1.82) is 0 Å². The van der Waals surface area contributed by atoms with E-state index in [9.17, 15) is 24.1 Å². The summed E-state index contributed by atoms with van der Waals surface area (Å²) in [7, 11) is 0. The highest BCUT2D eigenvalue weighted by Crippen LogP contribution is 2.33. The molecule has 1 saturated heterocycles. The summed E-state index contributed by atoms with van der Waals surface area (Å²) in [6.07, 6.45) is -1.09. The third-order valence-corrected chi connectivity index (χ3v) is 4.81. The fraction of sp³-hybridized carbons (Fsp3) is 0.412. The minimum Gasteiger partial charge on any atom is -0.394 e. The van der Waals surface area contributed by atoms with Crippen molar-refractivity contribution in [1.82, 2.24) is 15.0 Å². The van der Waals surface area contributed by atoms with Crippen molar-refractivity contribution in [3.05, 3.63) is 47.6 Å². The number of ether oxygens (including phenoxy) is 1. The van der Waals surface area contributed by atoms with Gasteiger partial charge in [-0.05, 0) is 18.6 Å². The lowest BCUT2D eigenvalue weighted by Gasteiger charge is -2.42. The van der Waals surface area contributed by atoms with Gasteiger partial charge in [0.05, 0.1) is 23.9 Å². The predicted octanol–water partition coefficient (Wildman–Crippen LogP) is 1.48. The van der Waals surface area contributed by atoms with Gasteiger partial charge in [0.15, 0.2) is 11.6 Å². The molecule has 2 heterocycles. The van der Waals surface area contributed by atoms with Crippen LogP contribution >= 0.6 is 11.6 Å². The first-order chi connectivity index (χ1) is 12.9. The fourth-order valence-corrected chi connectivity index (χ4v) is 3.27. The number of nitrogens with zero attached hydrogens (tertiary/aromatic N) is 3. The molecule has 5 atom stereocenters. The zero-order valence-corrected chi connectivity index (χ0v) is 14.8. The lowest BCUT2D eigenvalue weighted by atomic mass is 9.91. The molecule has 0 radical (unpaired) electrons. The van der Waals surface area contributed by atoms with Crippen LogP contribution in [0.25, 0.3) is 11.3 Å². The Labute approximate surface area is 158 Å². The van der Waals surface area contributed by atoms with Crippen LogP contribution in [0.2, 0.25) is 5.02 Å². The Hall–Kier alpha value is -1.91. The van der Waals surface area contributed by atoms with E-state index < -0.39 is 48.7 Å². The third kappa shape index (κ3) is 3.61. The molecule has 146 valence electrons. The normalized spacial score (nSPS) is 28.3. The van der Waals surface area contributed by atoms with Crippen molar-refractivity contribution in [2.24, 2.45) is 0 Å². The van der Waals surface area contributed by atoms with Crippen LogP contribution in [0.1, 0.15) is 12.5 Å². The third-order valence-electron chi connectivity index (χ3n) is 4.52. The number of benzene rings is 1. The molecule has 0 aliphatic carbocycles. The standard InChI is InChI=1S/C17H18ClF2N3O4/c1-2-3-11-16(25)15(17(26)12(7-24)27-11)23-6-10(21-22-23)8-4-5-9(18)14(20)13(8)19/h2,4-6,11-12,15-17,24-26H,1,3,7H2/t11-,12-,15-,16+,17+/m1/s1. The van der Waals surface area contributed by atoms with Crippen LogP contribution in [0.3, 0.4) is 0 Å². The van der Waals surface area contributed by atoms with E-state index in [-0.39, 0.29) is 22.7 Å². The monoisotopic (exact) mass is 401 g/mol. The molecule has 1 aromatic carbocycles. The Morgan fingerprint density at radius 1 is 1.22 bits per heavy atom. The molecular weight excluding hydrogens is 384 g/mol. The Balaban J connectivity index is 1.96. The maximum atomic E-state index is 14.1. The van der Waals surface area contributed by atoms with Gasteiger partial charge in [-0.15, -0.1) is 11.7 Å². The van der Waals surface area contributed by atoms with E-state index in [1.807, 2.05) is 0 Å². The maximum Gasteiger partial charge on any atom is 0.178 e. The number of hydrogen-bond donors (Lipinski definition) is 3. The Morgan fingerprint density at radius 2 is 1.93 bits per heavy atom. The first kappa shape index (κ1) is 19.8. The highest BCUT2D eigenvalue weighted by Gasteiger charge is 2.45. The van der Waals surface area contributed by atoms with Crippen molar-refractivity contribution in [3.63, 3.8) is 0 Å². The summed E-state index contributed by atoms with van der Waals surface area (Å²) in [6.45, 7) is 3.11. The van der Waals surface area contributed by atoms with Crippen LogP contribution in [0, 0.1) is 11.6 Å². The SMILES string of the molecule is C=CC[C@H]1O[C@H](CO)[C@H](O)[C@H](n2cc(-c3ccc(Cl)c(F)c3F)nn2)[C@H]1O. The van der Waals surface area contributed by atoms with Crippen molar-refractivity contribution < 1.29 is 28.8 Å². The van der Waals surface area contributed by atoms with E-state index in [0.29, 0.717) is 0 Å².